The average Bonchev–Trinajstić information content (AvgIpc) is 2.70. The molecule has 0 saturated heterocycles. The highest BCUT2D eigenvalue weighted by molar-refractivity contribution is 6.30. The molecule has 0 heterocycles. The van der Waals surface area contributed by atoms with Crippen molar-refractivity contribution in [2.24, 2.45) is 0 Å². The second-order valence-electron chi connectivity index (χ2n) is 5.88. The predicted molar refractivity (Wildman–Crippen MR) is 83.2 cm³/mol. The van der Waals surface area contributed by atoms with Gasteiger partial charge in [0.25, 0.3) is 0 Å². The van der Waals surface area contributed by atoms with E-state index in [2.05, 4.69) is 0 Å². The van der Waals surface area contributed by atoms with E-state index in [1.54, 1.807) is 12.1 Å². The number of benzene rings is 1. The molecule has 1 saturated carbocycles. The third-order valence-electron chi connectivity index (χ3n) is 4.40. The largest absolute Gasteiger partial charge is 0.390 e. The first-order valence-corrected chi connectivity index (χ1v) is 8.21. The van der Waals surface area contributed by atoms with Crippen LogP contribution < -0.4 is 0 Å². The molecule has 1 fully saturated rings. The number of ether oxygens (including phenoxy) is 1. The van der Waals surface area contributed by atoms with Gasteiger partial charge in [-0.25, -0.2) is 4.39 Å². The summed E-state index contributed by atoms with van der Waals surface area (Å²) in [5.41, 5.74) is 0.378. The summed E-state index contributed by atoms with van der Waals surface area (Å²) >= 11 is 5.82. The fourth-order valence-corrected chi connectivity index (χ4v) is 3.47. The lowest BCUT2D eigenvalue weighted by Gasteiger charge is -2.37. The maximum atomic E-state index is 13.2. The second kappa shape index (κ2) is 7.57. The number of aliphatic hydroxyl groups is 1. The minimum atomic E-state index is -0.586. The topological polar surface area (TPSA) is 29.5 Å². The molecule has 1 atom stereocenters. The van der Waals surface area contributed by atoms with E-state index in [9.17, 15) is 9.50 Å². The maximum absolute atomic E-state index is 13.2. The van der Waals surface area contributed by atoms with E-state index < -0.39 is 17.5 Å². The molecule has 2 nitrogen and oxygen atoms in total. The number of hydrogen-bond donors (Lipinski definition) is 1. The third kappa shape index (κ3) is 4.18. The van der Waals surface area contributed by atoms with E-state index >= 15 is 0 Å². The highest BCUT2D eigenvalue weighted by Crippen LogP contribution is 2.35. The van der Waals surface area contributed by atoms with Gasteiger partial charge in [-0.2, -0.15) is 0 Å². The summed E-state index contributed by atoms with van der Waals surface area (Å²) in [6.45, 7) is 2.56. The van der Waals surface area contributed by atoms with Crippen LogP contribution >= 0.6 is 11.6 Å². The quantitative estimate of drug-likeness (QED) is 0.810. The Bertz CT molecular complexity index is 456. The molecule has 1 N–H and O–H groups in total. The van der Waals surface area contributed by atoms with Gasteiger partial charge in [0.2, 0.25) is 0 Å². The summed E-state index contributed by atoms with van der Waals surface area (Å²) < 4.78 is 19.2. The summed E-state index contributed by atoms with van der Waals surface area (Å²) in [5.74, 6) is -0.427. The van der Waals surface area contributed by atoms with Crippen molar-refractivity contribution in [2.75, 3.05) is 6.61 Å². The summed E-state index contributed by atoms with van der Waals surface area (Å²) in [6.07, 6.45) is 6.20. The Labute approximate surface area is 131 Å². The van der Waals surface area contributed by atoms with Crippen LogP contribution in [0.25, 0.3) is 0 Å². The van der Waals surface area contributed by atoms with Crippen molar-refractivity contribution >= 4 is 11.6 Å². The molecular formula is C17H24ClFO2. The molecule has 1 aromatic rings. The summed E-state index contributed by atoms with van der Waals surface area (Å²) in [4.78, 5) is 0. The third-order valence-corrected chi connectivity index (χ3v) is 4.69. The first kappa shape index (κ1) is 16.7. The highest BCUT2D eigenvalue weighted by Gasteiger charge is 2.38. The first-order valence-electron chi connectivity index (χ1n) is 7.83. The molecule has 1 aliphatic rings. The Balaban J connectivity index is 2.13. The van der Waals surface area contributed by atoms with Gasteiger partial charge in [0.05, 0.1) is 16.7 Å². The summed E-state index contributed by atoms with van der Waals surface area (Å²) in [6, 6.07) is 4.63. The lowest BCUT2D eigenvalue weighted by molar-refractivity contribution is -0.128. The van der Waals surface area contributed by atoms with Crippen LogP contribution in [0.5, 0.6) is 0 Å². The van der Waals surface area contributed by atoms with Gasteiger partial charge >= 0.3 is 0 Å². The molecule has 0 radical (unpaired) electrons. The smallest absolute Gasteiger partial charge is 0.141 e. The average molecular weight is 315 g/mol. The van der Waals surface area contributed by atoms with Gasteiger partial charge in [0.1, 0.15) is 5.82 Å². The van der Waals surface area contributed by atoms with Gasteiger partial charge in [-0.1, -0.05) is 43.4 Å². The Morgan fingerprint density at radius 3 is 2.52 bits per heavy atom. The molecule has 0 bridgehead atoms. The Morgan fingerprint density at radius 2 is 1.95 bits per heavy atom. The first-order chi connectivity index (χ1) is 10.1. The number of hydrogen-bond acceptors (Lipinski definition) is 2. The number of halogens is 2. The lowest BCUT2D eigenvalue weighted by atomic mass is 9.84. The van der Waals surface area contributed by atoms with Gasteiger partial charge in [-0.05, 0) is 37.5 Å². The van der Waals surface area contributed by atoms with E-state index in [1.807, 2.05) is 6.92 Å². The molecule has 0 aliphatic heterocycles. The molecule has 1 aliphatic carbocycles. The predicted octanol–water partition coefficient (Wildman–Crippen LogP) is 4.51. The van der Waals surface area contributed by atoms with Crippen molar-refractivity contribution in [3.05, 3.63) is 34.6 Å². The minimum absolute atomic E-state index is 0.103. The zero-order valence-corrected chi connectivity index (χ0v) is 13.3. The Kier molecular flexibility index (Phi) is 6.03. The van der Waals surface area contributed by atoms with E-state index in [0.717, 1.165) is 31.2 Å². The molecule has 1 unspecified atom stereocenters. The van der Waals surface area contributed by atoms with Crippen LogP contribution in [0.2, 0.25) is 5.02 Å². The van der Waals surface area contributed by atoms with Crippen LogP contribution in [-0.4, -0.2) is 23.4 Å². The maximum Gasteiger partial charge on any atom is 0.141 e. The standard InChI is InChI=1S/C17H24ClFO2/c1-2-21-17(9-5-3-4-6-10-17)16(20)12-13-7-8-15(19)14(18)11-13/h7-8,11,16,20H,2-6,9-10,12H2,1H3. The molecule has 4 heteroatoms. The fourth-order valence-electron chi connectivity index (χ4n) is 3.26. The van der Waals surface area contributed by atoms with Crippen LogP contribution in [0.1, 0.15) is 51.0 Å². The zero-order chi connectivity index (χ0) is 15.3. The van der Waals surface area contributed by atoms with Crippen molar-refractivity contribution in [3.63, 3.8) is 0 Å². The molecule has 118 valence electrons. The minimum Gasteiger partial charge on any atom is -0.390 e. The summed E-state index contributed by atoms with van der Waals surface area (Å²) in [5, 5.41) is 10.8. The molecule has 1 aromatic carbocycles. The van der Waals surface area contributed by atoms with E-state index in [1.165, 1.54) is 18.9 Å². The number of rotatable bonds is 5. The fraction of sp³-hybridized carbons (Fsp3) is 0.647. The van der Waals surface area contributed by atoms with Crippen molar-refractivity contribution in [2.45, 2.75) is 63.6 Å². The zero-order valence-electron chi connectivity index (χ0n) is 12.6. The van der Waals surface area contributed by atoms with Gasteiger partial charge in [0.15, 0.2) is 0 Å². The van der Waals surface area contributed by atoms with Gasteiger partial charge in [-0.15, -0.1) is 0 Å². The number of aliphatic hydroxyl groups excluding tert-OH is 1. The Hall–Kier alpha value is -0.640. The van der Waals surface area contributed by atoms with Gasteiger partial charge < -0.3 is 9.84 Å². The second-order valence-corrected chi connectivity index (χ2v) is 6.29. The van der Waals surface area contributed by atoms with Crippen LogP contribution in [-0.2, 0) is 11.2 Å². The van der Waals surface area contributed by atoms with Gasteiger partial charge in [0, 0.05) is 13.0 Å². The summed E-state index contributed by atoms with van der Waals surface area (Å²) in [7, 11) is 0. The van der Waals surface area contributed by atoms with E-state index in [0.29, 0.717) is 13.0 Å². The highest BCUT2D eigenvalue weighted by atomic mass is 35.5. The van der Waals surface area contributed by atoms with Crippen molar-refractivity contribution < 1.29 is 14.2 Å². The van der Waals surface area contributed by atoms with E-state index in [4.69, 9.17) is 16.3 Å². The van der Waals surface area contributed by atoms with Crippen LogP contribution in [0.4, 0.5) is 4.39 Å². The normalized spacial score (nSPS) is 20.0. The molecule has 0 spiro atoms. The van der Waals surface area contributed by atoms with Crippen molar-refractivity contribution in [1.82, 2.24) is 0 Å². The molecular weight excluding hydrogens is 291 g/mol. The SMILES string of the molecule is CCOC1(C(O)Cc2ccc(F)c(Cl)c2)CCCCCC1. The molecule has 0 aromatic heterocycles. The van der Waals surface area contributed by atoms with Crippen molar-refractivity contribution in [1.29, 1.82) is 0 Å². The van der Waals surface area contributed by atoms with Crippen LogP contribution in [0.3, 0.4) is 0 Å². The van der Waals surface area contributed by atoms with Gasteiger partial charge in [-0.3, -0.25) is 0 Å². The van der Waals surface area contributed by atoms with Crippen LogP contribution in [0, 0.1) is 5.82 Å². The molecule has 0 amide bonds. The Morgan fingerprint density at radius 1 is 1.29 bits per heavy atom. The van der Waals surface area contributed by atoms with Crippen LogP contribution in [0.15, 0.2) is 18.2 Å². The molecule has 21 heavy (non-hydrogen) atoms. The van der Waals surface area contributed by atoms with E-state index in [-0.39, 0.29) is 5.02 Å². The monoisotopic (exact) mass is 314 g/mol. The molecule has 2 rings (SSSR count). The van der Waals surface area contributed by atoms with Crippen molar-refractivity contribution in [3.8, 4) is 0 Å². The lowest BCUT2D eigenvalue weighted by Crippen LogP contribution is -2.46.